The van der Waals surface area contributed by atoms with Crippen molar-refractivity contribution in [2.24, 2.45) is 5.92 Å². The number of carboxylic acid groups (broad SMARTS) is 1. The number of thioether (sulfide) groups is 1. The minimum atomic E-state index is -0.878. The maximum atomic E-state index is 13.1. The van der Waals surface area contributed by atoms with Gasteiger partial charge >= 0.3 is 5.97 Å². The summed E-state index contributed by atoms with van der Waals surface area (Å²) >= 11 is 1.66. The van der Waals surface area contributed by atoms with Crippen molar-refractivity contribution in [1.82, 2.24) is 9.80 Å². The highest BCUT2D eigenvalue weighted by Crippen LogP contribution is 2.48. The summed E-state index contributed by atoms with van der Waals surface area (Å²) in [5, 5.41) is 9.64. The summed E-state index contributed by atoms with van der Waals surface area (Å²) in [4.78, 5) is 40.3. The maximum Gasteiger partial charge on any atom is 0.308 e. The zero-order chi connectivity index (χ0) is 18.5. The topological polar surface area (TPSA) is 77.9 Å². The molecular weight excluding hydrogens is 352 g/mol. The molecule has 3 aliphatic heterocycles. The van der Waals surface area contributed by atoms with Crippen LogP contribution in [0, 0.1) is 5.92 Å². The lowest BCUT2D eigenvalue weighted by Gasteiger charge is -2.31. The van der Waals surface area contributed by atoms with Gasteiger partial charge < -0.3 is 14.9 Å². The summed E-state index contributed by atoms with van der Waals surface area (Å²) in [5.41, 5.74) is 0.943. The molecule has 2 amide bonds. The van der Waals surface area contributed by atoms with Gasteiger partial charge in [-0.2, -0.15) is 0 Å². The second-order valence-corrected chi connectivity index (χ2v) is 8.97. The molecule has 0 aliphatic carbocycles. The van der Waals surface area contributed by atoms with E-state index in [1.807, 2.05) is 37.3 Å². The average Bonchev–Trinajstić information content (AvgIpc) is 3.29. The number of aliphatic carboxylic acids is 1. The number of fused-ring (bicyclic) bond motifs is 1. The van der Waals surface area contributed by atoms with Crippen molar-refractivity contribution in [2.75, 3.05) is 18.8 Å². The van der Waals surface area contributed by atoms with Crippen LogP contribution in [0.1, 0.15) is 31.2 Å². The average molecular weight is 374 g/mol. The SMILES string of the molecule is CC12CCC(=O)N1C(C(=O)N1C[C@H](C(=O)O)[C@H](c3ccccc3)C1)CS2. The van der Waals surface area contributed by atoms with E-state index in [1.165, 1.54) is 0 Å². The van der Waals surface area contributed by atoms with Crippen molar-refractivity contribution >= 4 is 29.5 Å². The van der Waals surface area contributed by atoms with Crippen LogP contribution in [0.25, 0.3) is 0 Å². The van der Waals surface area contributed by atoms with Crippen molar-refractivity contribution in [1.29, 1.82) is 0 Å². The number of rotatable bonds is 3. The smallest absolute Gasteiger partial charge is 0.308 e. The molecule has 0 aromatic heterocycles. The molecule has 3 aliphatic rings. The highest BCUT2D eigenvalue weighted by molar-refractivity contribution is 8.01. The largest absolute Gasteiger partial charge is 0.481 e. The molecule has 26 heavy (non-hydrogen) atoms. The Kier molecular flexibility index (Phi) is 4.22. The first-order chi connectivity index (χ1) is 12.4. The van der Waals surface area contributed by atoms with E-state index < -0.39 is 17.9 Å². The van der Waals surface area contributed by atoms with Crippen LogP contribution in [0.5, 0.6) is 0 Å². The zero-order valence-corrected chi connectivity index (χ0v) is 15.4. The fourth-order valence-corrected chi connectivity index (χ4v) is 5.91. The summed E-state index contributed by atoms with van der Waals surface area (Å²) in [6.07, 6.45) is 1.25. The number of hydrogen-bond acceptors (Lipinski definition) is 4. The molecule has 4 atom stereocenters. The van der Waals surface area contributed by atoms with Crippen molar-refractivity contribution in [2.45, 2.75) is 36.6 Å². The zero-order valence-electron chi connectivity index (χ0n) is 14.6. The summed E-state index contributed by atoms with van der Waals surface area (Å²) in [7, 11) is 0. The number of carbonyl (C=O) groups is 3. The van der Waals surface area contributed by atoms with E-state index in [1.54, 1.807) is 21.6 Å². The highest BCUT2D eigenvalue weighted by Gasteiger charge is 2.54. The minimum Gasteiger partial charge on any atom is -0.481 e. The Balaban J connectivity index is 1.56. The Hall–Kier alpha value is -2.02. The van der Waals surface area contributed by atoms with E-state index in [2.05, 4.69) is 0 Å². The first-order valence-electron chi connectivity index (χ1n) is 8.93. The third-order valence-electron chi connectivity index (χ3n) is 5.91. The predicted molar refractivity (Wildman–Crippen MR) is 97.6 cm³/mol. The molecule has 7 heteroatoms. The standard InChI is InChI=1S/C19H22N2O4S/c1-19-8-7-16(22)21(19)15(11-26-19)17(23)20-9-13(14(10-20)18(24)25)12-5-3-2-4-6-12/h2-6,13-15H,7-11H2,1H3,(H,24,25)/t13-,14-,15?,19?/m0/s1. The van der Waals surface area contributed by atoms with Gasteiger partial charge in [-0.3, -0.25) is 14.4 Å². The van der Waals surface area contributed by atoms with Crippen molar-refractivity contribution < 1.29 is 19.5 Å². The summed E-state index contributed by atoms with van der Waals surface area (Å²) in [6.45, 7) is 2.61. The van der Waals surface area contributed by atoms with E-state index in [0.717, 1.165) is 12.0 Å². The molecular formula is C19H22N2O4S. The molecule has 0 spiro atoms. The number of carboxylic acids is 1. The van der Waals surface area contributed by atoms with Gasteiger partial charge in [-0.15, -0.1) is 11.8 Å². The van der Waals surface area contributed by atoms with Crippen molar-refractivity contribution in [3.05, 3.63) is 35.9 Å². The molecule has 3 saturated heterocycles. The van der Waals surface area contributed by atoms with Crippen LogP contribution >= 0.6 is 11.8 Å². The highest BCUT2D eigenvalue weighted by atomic mass is 32.2. The number of carbonyl (C=O) groups excluding carboxylic acids is 2. The van der Waals surface area contributed by atoms with E-state index in [4.69, 9.17) is 0 Å². The third kappa shape index (κ3) is 2.69. The van der Waals surface area contributed by atoms with Gasteiger partial charge in [0, 0.05) is 31.2 Å². The van der Waals surface area contributed by atoms with Crippen LogP contribution in [0.4, 0.5) is 0 Å². The van der Waals surface area contributed by atoms with E-state index in [9.17, 15) is 19.5 Å². The fraction of sp³-hybridized carbons (Fsp3) is 0.526. The molecule has 0 bridgehead atoms. The Bertz CT molecular complexity index is 755. The molecule has 0 saturated carbocycles. The Morgan fingerprint density at radius 1 is 1.23 bits per heavy atom. The molecule has 1 aromatic rings. The molecule has 2 unspecified atom stereocenters. The van der Waals surface area contributed by atoms with Gasteiger partial charge in [-0.05, 0) is 18.9 Å². The normalized spacial score (nSPS) is 33.6. The quantitative estimate of drug-likeness (QED) is 0.872. The molecule has 1 aromatic carbocycles. The molecule has 1 N–H and O–H groups in total. The summed E-state index contributed by atoms with van der Waals surface area (Å²) < 4.78 is 0. The second-order valence-electron chi connectivity index (χ2n) is 7.47. The van der Waals surface area contributed by atoms with Crippen LogP contribution < -0.4 is 0 Å². The van der Waals surface area contributed by atoms with E-state index in [0.29, 0.717) is 18.7 Å². The lowest BCUT2D eigenvalue weighted by molar-refractivity contribution is -0.144. The number of benzene rings is 1. The van der Waals surface area contributed by atoms with Gasteiger partial charge in [-0.1, -0.05) is 30.3 Å². The number of nitrogens with zero attached hydrogens (tertiary/aromatic N) is 2. The number of hydrogen-bond donors (Lipinski definition) is 1. The summed E-state index contributed by atoms with van der Waals surface area (Å²) in [6, 6.07) is 9.04. The molecule has 0 radical (unpaired) electrons. The van der Waals surface area contributed by atoms with Crippen LogP contribution in [0.2, 0.25) is 0 Å². The summed E-state index contributed by atoms with van der Waals surface area (Å²) in [5.74, 6) is -1.20. The Morgan fingerprint density at radius 3 is 2.65 bits per heavy atom. The number of likely N-dealkylation sites (tertiary alicyclic amines) is 1. The van der Waals surface area contributed by atoms with Gasteiger partial charge in [0.25, 0.3) is 0 Å². The maximum absolute atomic E-state index is 13.1. The molecule has 3 fully saturated rings. The first kappa shape index (κ1) is 17.4. The van der Waals surface area contributed by atoms with Gasteiger partial charge in [0.05, 0.1) is 10.8 Å². The Morgan fingerprint density at radius 2 is 1.96 bits per heavy atom. The fourth-order valence-electron chi connectivity index (χ4n) is 4.49. The second kappa shape index (κ2) is 6.30. The van der Waals surface area contributed by atoms with Crippen LogP contribution in [0.15, 0.2) is 30.3 Å². The Labute approximate surface area is 156 Å². The van der Waals surface area contributed by atoms with Gasteiger partial charge in [0.15, 0.2) is 0 Å². The van der Waals surface area contributed by atoms with E-state index in [-0.39, 0.29) is 29.1 Å². The monoisotopic (exact) mass is 374 g/mol. The van der Waals surface area contributed by atoms with Crippen LogP contribution in [-0.2, 0) is 14.4 Å². The third-order valence-corrected chi connectivity index (χ3v) is 7.41. The van der Waals surface area contributed by atoms with Crippen LogP contribution in [0.3, 0.4) is 0 Å². The first-order valence-corrected chi connectivity index (χ1v) is 9.92. The van der Waals surface area contributed by atoms with Gasteiger partial charge in [0.2, 0.25) is 11.8 Å². The van der Waals surface area contributed by atoms with Crippen molar-refractivity contribution in [3.8, 4) is 0 Å². The van der Waals surface area contributed by atoms with Crippen molar-refractivity contribution in [3.63, 3.8) is 0 Å². The number of amides is 2. The molecule has 6 nitrogen and oxygen atoms in total. The van der Waals surface area contributed by atoms with E-state index >= 15 is 0 Å². The lowest BCUT2D eigenvalue weighted by Crippen LogP contribution is -2.51. The van der Waals surface area contributed by atoms with Crippen LogP contribution in [-0.4, -0.2) is 62.4 Å². The lowest BCUT2D eigenvalue weighted by atomic mass is 9.89. The van der Waals surface area contributed by atoms with Gasteiger partial charge in [0.1, 0.15) is 6.04 Å². The molecule has 138 valence electrons. The molecule has 4 rings (SSSR count). The van der Waals surface area contributed by atoms with Gasteiger partial charge in [-0.25, -0.2) is 0 Å². The predicted octanol–water partition coefficient (Wildman–Crippen LogP) is 1.77. The minimum absolute atomic E-state index is 0.0319. The molecule has 3 heterocycles.